The van der Waals surface area contributed by atoms with E-state index < -0.39 is 11.4 Å². The van der Waals surface area contributed by atoms with Crippen molar-refractivity contribution in [1.29, 1.82) is 0 Å². The number of esters is 1. The maximum atomic E-state index is 12.7. The fourth-order valence-corrected chi connectivity index (χ4v) is 5.29. The fraction of sp³-hybridized carbons (Fsp3) is 0.250. The van der Waals surface area contributed by atoms with Gasteiger partial charge in [-0.05, 0) is 66.8 Å². The number of carbonyl (C=O) groups is 2. The van der Waals surface area contributed by atoms with E-state index in [1.807, 2.05) is 97.1 Å². The molecule has 9 nitrogen and oxygen atoms in total. The highest BCUT2D eigenvalue weighted by atomic mass is 32.1. The van der Waals surface area contributed by atoms with Gasteiger partial charge in [0.2, 0.25) is 5.91 Å². The number of pyridine rings is 1. The fourth-order valence-electron chi connectivity index (χ4n) is 4.95. The van der Waals surface area contributed by atoms with Crippen molar-refractivity contribution in [2.75, 3.05) is 24.4 Å². The molecule has 216 valence electrons. The zero-order chi connectivity index (χ0) is 30.0. The lowest BCUT2D eigenvalue weighted by molar-refractivity contribution is -0.123. The number of carbonyl (C=O) groups excluding carboxylic acids is 2. The van der Waals surface area contributed by atoms with E-state index in [2.05, 4.69) is 15.6 Å². The number of hydrogen-bond donors (Lipinski definition) is 2. The minimum atomic E-state index is -0.568. The Labute approximate surface area is 250 Å². The van der Waals surface area contributed by atoms with Crippen molar-refractivity contribution < 1.29 is 19.1 Å². The summed E-state index contributed by atoms with van der Waals surface area (Å²) in [5.74, 6) is -0.0193. The van der Waals surface area contributed by atoms with Crippen LogP contribution in [0.2, 0.25) is 0 Å². The molecule has 0 bridgehead atoms. The van der Waals surface area contributed by atoms with Gasteiger partial charge in [0.05, 0.1) is 37.2 Å². The van der Waals surface area contributed by atoms with Gasteiger partial charge in [-0.25, -0.2) is 4.79 Å². The summed E-state index contributed by atoms with van der Waals surface area (Å²) in [6.07, 6.45) is 3.71. The average molecular weight is 584 g/mol. The number of ether oxygens (including phenoxy) is 2. The Bertz CT molecular complexity index is 1630. The first-order valence-electron chi connectivity index (χ1n) is 13.5. The van der Waals surface area contributed by atoms with E-state index in [0.717, 1.165) is 22.8 Å². The Morgan fingerprint density at radius 1 is 0.976 bits per heavy atom. The molecule has 42 heavy (non-hydrogen) atoms. The number of thiocarbonyl (C=S) groups is 1. The molecule has 1 saturated heterocycles. The van der Waals surface area contributed by atoms with Gasteiger partial charge in [0.25, 0.3) is 0 Å². The number of anilines is 2. The third-order valence-corrected chi connectivity index (χ3v) is 7.43. The van der Waals surface area contributed by atoms with Crippen LogP contribution in [0.3, 0.4) is 0 Å². The maximum Gasteiger partial charge on any atom is 0.337 e. The van der Waals surface area contributed by atoms with Gasteiger partial charge in [-0.3, -0.25) is 9.78 Å². The van der Waals surface area contributed by atoms with Gasteiger partial charge in [0.15, 0.2) is 5.11 Å². The number of methoxy groups -OCH3 is 2. The van der Waals surface area contributed by atoms with Crippen LogP contribution in [0.1, 0.15) is 54.6 Å². The molecule has 2 aromatic carbocycles. The van der Waals surface area contributed by atoms with E-state index in [1.165, 1.54) is 7.11 Å². The lowest BCUT2D eigenvalue weighted by Crippen LogP contribution is -2.30. The first-order chi connectivity index (χ1) is 20.1. The van der Waals surface area contributed by atoms with Crippen molar-refractivity contribution in [3.63, 3.8) is 0 Å². The summed E-state index contributed by atoms with van der Waals surface area (Å²) in [5, 5.41) is 6.96. The van der Waals surface area contributed by atoms with E-state index in [9.17, 15) is 9.59 Å². The van der Waals surface area contributed by atoms with Crippen LogP contribution in [0.5, 0.6) is 5.75 Å². The van der Waals surface area contributed by atoms with Gasteiger partial charge in [-0.2, -0.15) is 0 Å². The third-order valence-electron chi connectivity index (χ3n) is 7.12. The number of nitrogens with zero attached hydrogens (tertiary/aromatic N) is 3. The number of aromatic nitrogens is 2. The maximum absolute atomic E-state index is 12.7. The first kappa shape index (κ1) is 28.8. The summed E-state index contributed by atoms with van der Waals surface area (Å²) in [5.41, 5.74) is 3.77. The number of amides is 1. The smallest absolute Gasteiger partial charge is 0.337 e. The van der Waals surface area contributed by atoms with Crippen LogP contribution in [0.25, 0.3) is 5.69 Å². The Balaban J connectivity index is 1.61. The van der Waals surface area contributed by atoms with E-state index in [-0.39, 0.29) is 18.0 Å². The molecule has 0 aliphatic carbocycles. The van der Waals surface area contributed by atoms with Gasteiger partial charge in [0.1, 0.15) is 11.8 Å². The largest absolute Gasteiger partial charge is 0.494 e. The number of rotatable bonds is 7. The second-order valence-corrected chi connectivity index (χ2v) is 11.3. The average Bonchev–Trinajstić information content (AvgIpc) is 3.61. The van der Waals surface area contributed by atoms with Gasteiger partial charge < -0.3 is 29.6 Å². The summed E-state index contributed by atoms with van der Waals surface area (Å²) in [6, 6.07) is 22.0. The van der Waals surface area contributed by atoms with Gasteiger partial charge >= 0.3 is 5.97 Å². The highest BCUT2D eigenvalue weighted by molar-refractivity contribution is 7.80. The Kier molecular flexibility index (Phi) is 8.00. The molecule has 1 aliphatic rings. The molecule has 10 heteroatoms. The predicted molar refractivity (Wildman–Crippen MR) is 166 cm³/mol. The molecule has 0 saturated carbocycles. The van der Waals surface area contributed by atoms with Crippen LogP contribution in [0, 0.1) is 5.41 Å². The molecule has 2 N–H and O–H groups in total. The van der Waals surface area contributed by atoms with E-state index >= 15 is 0 Å². The summed E-state index contributed by atoms with van der Waals surface area (Å²) in [6.45, 7) is 5.57. The third kappa shape index (κ3) is 5.58. The molecule has 2 atom stereocenters. The van der Waals surface area contributed by atoms with E-state index in [1.54, 1.807) is 25.4 Å². The monoisotopic (exact) mass is 583 g/mol. The van der Waals surface area contributed by atoms with Crippen LogP contribution in [0.15, 0.2) is 85.2 Å². The topological polar surface area (TPSA) is 97.7 Å². The highest BCUT2D eigenvalue weighted by Gasteiger charge is 2.42. The Hall–Kier alpha value is -4.70. The second-order valence-electron chi connectivity index (χ2n) is 10.9. The first-order valence-corrected chi connectivity index (χ1v) is 13.9. The lowest BCUT2D eigenvalue weighted by Gasteiger charge is -2.29. The SMILES string of the molecule is COC(=O)c1cccc(-n2cccc2[C@H]2[C@@H](c3ccccn3)NC(=S)N2c2ccc(NC(=O)C(C)(C)C)c(OC)c2)c1. The lowest BCUT2D eigenvalue weighted by atomic mass is 9.95. The van der Waals surface area contributed by atoms with Gasteiger partial charge in [-0.15, -0.1) is 0 Å². The van der Waals surface area contributed by atoms with Crippen molar-refractivity contribution in [3.05, 3.63) is 102 Å². The quantitative estimate of drug-likeness (QED) is 0.207. The van der Waals surface area contributed by atoms with Crippen LogP contribution in [-0.4, -0.2) is 40.8 Å². The molecular weight excluding hydrogens is 550 g/mol. The van der Waals surface area contributed by atoms with Crippen LogP contribution >= 0.6 is 12.2 Å². The van der Waals surface area contributed by atoms with Crippen molar-refractivity contribution in [3.8, 4) is 11.4 Å². The summed E-state index contributed by atoms with van der Waals surface area (Å²) in [7, 11) is 2.94. The zero-order valence-electron chi connectivity index (χ0n) is 24.1. The molecular formula is C32H33N5O4S. The molecule has 2 aromatic heterocycles. The summed E-state index contributed by atoms with van der Waals surface area (Å²) in [4.78, 5) is 31.7. The number of hydrogen-bond acceptors (Lipinski definition) is 6. The van der Waals surface area contributed by atoms with Crippen LogP contribution in [-0.2, 0) is 9.53 Å². The minimum absolute atomic E-state index is 0.119. The van der Waals surface area contributed by atoms with Crippen molar-refractivity contribution >= 4 is 40.6 Å². The summed E-state index contributed by atoms with van der Waals surface area (Å²) < 4.78 is 12.7. The van der Waals surface area contributed by atoms with E-state index in [4.69, 9.17) is 21.7 Å². The number of benzene rings is 2. The van der Waals surface area contributed by atoms with Crippen molar-refractivity contribution in [1.82, 2.24) is 14.9 Å². The van der Waals surface area contributed by atoms with Gasteiger partial charge in [-0.1, -0.05) is 32.9 Å². The molecule has 1 aliphatic heterocycles. The van der Waals surface area contributed by atoms with Gasteiger partial charge in [0, 0.05) is 40.9 Å². The Morgan fingerprint density at radius 3 is 2.48 bits per heavy atom. The molecule has 1 amide bonds. The predicted octanol–water partition coefficient (Wildman–Crippen LogP) is 5.83. The van der Waals surface area contributed by atoms with Crippen molar-refractivity contribution in [2.24, 2.45) is 5.41 Å². The number of nitrogens with one attached hydrogen (secondary N) is 2. The summed E-state index contributed by atoms with van der Waals surface area (Å²) >= 11 is 5.92. The van der Waals surface area contributed by atoms with Crippen LogP contribution < -0.4 is 20.3 Å². The molecule has 3 heterocycles. The highest BCUT2D eigenvalue weighted by Crippen LogP contribution is 2.44. The molecule has 5 rings (SSSR count). The standard InChI is InChI=1S/C32H33N5O4S/c1-32(2,3)30(39)34-23-15-14-22(19-26(23)40-4)37-28(27(35-31(37)42)24-12-6-7-16-33-24)25-13-9-17-36(25)21-11-8-10-20(18-21)29(38)41-5/h6-19,27-28H,1-5H3,(H,34,39)(H,35,42)/t27-,28+/m1/s1. The van der Waals surface area contributed by atoms with Crippen LogP contribution in [0.4, 0.5) is 11.4 Å². The molecule has 0 spiro atoms. The molecule has 1 fully saturated rings. The normalized spacial score (nSPS) is 16.6. The van der Waals surface area contributed by atoms with E-state index in [0.29, 0.717) is 22.1 Å². The zero-order valence-corrected chi connectivity index (χ0v) is 24.9. The molecule has 0 radical (unpaired) electrons. The Morgan fingerprint density at radius 2 is 1.79 bits per heavy atom. The second kappa shape index (κ2) is 11.7. The minimum Gasteiger partial charge on any atom is -0.494 e. The van der Waals surface area contributed by atoms with Crippen molar-refractivity contribution in [2.45, 2.75) is 32.9 Å². The molecule has 4 aromatic rings. The molecule has 0 unspecified atom stereocenters.